The fourth-order valence-electron chi connectivity index (χ4n) is 1.94. The molecule has 4 heteroatoms. The predicted octanol–water partition coefficient (Wildman–Crippen LogP) is 4.01. The van der Waals surface area contributed by atoms with E-state index in [2.05, 4.69) is 15.9 Å². The predicted molar refractivity (Wildman–Crippen MR) is 70.0 cm³/mol. The van der Waals surface area contributed by atoms with Crippen molar-refractivity contribution in [1.82, 2.24) is 0 Å². The first-order valence-electron chi connectivity index (χ1n) is 5.34. The zero-order chi connectivity index (χ0) is 11.7. The number of benzene rings is 1. The molecule has 0 atom stereocenters. The molecule has 16 heavy (non-hydrogen) atoms. The minimum atomic E-state index is 0.0638. The molecule has 1 aromatic rings. The Morgan fingerprint density at radius 3 is 2.62 bits per heavy atom. The van der Waals surface area contributed by atoms with Crippen molar-refractivity contribution in [1.29, 1.82) is 0 Å². The van der Waals surface area contributed by atoms with E-state index in [0.29, 0.717) is 11.1 Å². The summed E-state index contributed by atoms with van der Waals surface area (Å²) >= 11 is 9.53. The number of anilines is 1. The first-order chi connectivity index (χ1) is 7.59. The quantitative estimate of drug-likeness (QED) is 0.808. The Bertz CT molecular complexity index is 417. The largest absolute Gasteiger partial charge is 0.308 e. The monoisotopic (exact) mass is 301 g/mol. The van der Waals surface area contributed by atoms with E-state index in [9.17, 15) is 4.79 Å². The fraction of sp³-hybridized carbons (Fsp3) is 0.417. The van der Waals surface area contributed by atoms with Crippen molar-refractivity contribution >= 4 is 39.1 Å². The van der Waals surface area contributed by atoms with Gasteiger partial charge in [0.05, 0.1) is 10.7 Å². The topological polar surface area (TPSA) is 20.3 Å². The van der Waals surface area contributed by atoms with Crippen LogP contribution >= 0.6 is 27.5 Å². The minimum absolute atomic E-state index is 0.0638. The van der Waals surface area contributed by atoms with Crippen LogP contribution in [0.25, 0.3) is 0 Å². The van der Waals surface area contributed by atoms with Crippen LogP contribution in [0, 0.1) is 0 Å². The average molecular weight is 303 g/mol. The molecule has 0 saturated heterocycles. The van der Waals surface area contributed by atoms with Crippen LogP contribution in [0.1, 0.15) is 26.2 Å². The normalized spacial score (nSPS) is 15.7. The first kappa shape index (κ1) is 11.9. The Kier molecular flexibility index (Phi) is 3.55. The van der Waals surface area contributed by atoms with E-state index < -0.39 is 0 Å². The van der Waals surface area contributed by atoms with Gasteiger partial charge in [0.2, 0.25) is 5.91 Å². The van der Waals surface area contributed by atoms with Crippen molar-refractivity contribution in [3.63, 3.8) is 0 Å². The third-order valence-electron chi connectivity index (χ3n) is 2.95. The van der Waals surface area contributed by atoms with E-state index in [0.717, 1.165) is 23.0 Å². The van der Waals surface area contributed by atoms with Gasteiger partial charge in [0.25, 0.3) is 0 Å². The Balaban J connectivity index is 2.34. The van der Waals surface area contributed by atoms with Gasteiger partial charge in [-0.1, -0.05) is 27.5 Å². The second kappa shape index (κ2) is 4.76. The molecule has 0 N–H and O–H groups in total. The summed E-state index contributed by atoms with van der Waals surface area (Å²) in [5, 5.41) is 0.622. The van der Waals surface area contributed by atoms with Gasteiger partial charge in [-0.3, -0.25) is 4.79 Å². The van der Waals surface area contributed by atoms with Gasteiger partial charge in [-0.2, -0.15) is 0 Å². The number of rotatable bonds is 2. The molecule has 0 radical (unpaired) electrons. The van der Waals surface area contributed by atoms with Crippen molar-refractivity contribution < 1.29 is 4.79 Å². The molecular formula is C12H13BrClNO. The molecule has 1 aliphatic carbocycles. The van der Waals surface area contributed by atoms with Gasteiger partial charge in [0.15, 0.2) is 0 Å². The zero-order valence-corrected chi connectivity index (χ0v) is 11.4. The standard InChI is InChI=1S/C12H13BrClNO/c1-8(16)15(10-3-2-4-10)12-6-5-9(13)7-11(12)14/h5-7,10H,2-4H2,1H3. The number of hydrogen-bond donors (Lipinski definition) is 0. The molecule has 1 amide bonds. The van der Waals surface area contributed by atoms with Crippen LogP contribution in [0.5, 0.6) is 0 Å². The Morgan fingerprint density at radius 2 is 2.19 bits per heavy atom. The molecule has 2 nitrogen and oxygen atoms in total. The van der Waals surface area contributed by atoms with Gasteiger partial charge in [-0.05, 0) is 37.5 Å². The minimum Gasteiger partial charge on any atom is -0.308 e. The summed E-state index contributed by atoms with van der Waals surface area (Å²) < 4.78 is 0.929. The SMILES string of the molecule is CC(=O)N(c1ccc(Br)cc1Cl)C1CCC1. The highest BCUT2D eigenvalue weighted by atomic mass is 79.9. The molecule has 1 aliphatic rings. The highest BCUT2D eigenvalue weighted by Crippen LogP contribution is 2.35. The molecular weight excluding hydrogens is 289 g/mol. The van der Waals surface area contributed by atoms with Crippen molar-refractivity contribution in [2.24, 2.45) is 0 Å². The van der Waals surface area contributed by atoms with Crippen molar-refractivity contribution in [3.05, 3.63) is 27.7 Å². The lowest BCUT2D eigenvalue weighted by molar-refractivity contribution is -0.117. The number of amides is 1. The number of nitrogens with zero attached hydrogens (tertiary/aromatic N) is 1. The summed E-state index contributed by atoms with van der Waals surface area (Å²) in [5.74, 6) is 0.0638. The Labute approximate surface area is 109 Å². The van der Waals surface area contributed by atoms with E-state index in [1.807, 2.05) is 23.1 Å². The van der Waals surface area contributed by atoms with Crippen molar-refractivity contribution in [3.8, 4) is 0 Å². The second-order valence-electron chi connectivity index (χ2n) is 4.07. The van der Waals surface area contributed by atoms with Gasteiger partial charge in [-0.15, -0.1) is 0 Å². The van der Waals surface area contributed by atoms with Crippen LogP contribution in [-0.4, -0.2) is 11.9 Å². The number of halogens is 2. The summed E-state index contributed by atoms with van der Waals surface area (Å²) in [5.41, 5.74) is 0.821. The smallest absolute Gasteiger partial charge is 0.224 e. The first-order valence-corrected chi connectivity index (χ1v) is 6.51. The highest BCUT2D eigenvalue weighted by Gasteiger charge is 2.29. The lowest BCUT2D eigenvalue weighted by Gasteiger charge is -2.37. The molecule has 0 aromatic heterocycles. The van der Waals surface area contributed by atoms with Gasteiger partial charge in [0.1, 0.15) is 0 Å². The number of carbonyl (C=O) groups excluding carboxylic acids is 1. The summed E-state index contributed by atoms with van der Waals surface area (Å²) in [7, 11) is 0. The highest BCUT2D eigenvalue weighted by molar-refractivity contribution is 9.10. The van der Waals surface area contributed by atoms with Crippen LogP contribution in [-0.2, 0) is 4.79 Å². The maximum absolute atomic E-state index is 11.7. The third kappa shape index (κ3) is 2.25. The fourth-order valence-corrected chi connectivity index (χ4v) is 2.71. The molecule has 1 fully saturated rings. The molecule has 1 aromatic carbocycles. The van der Waals surface area contributed by atoms with Crippen LogP contribution in [0.15, 0.2) is 22.7 Å². The number of carbonyl (C=O) groups is 1. The third-order valence-corrected chi connectivity index (χ3v) is 3.74. The molecule has 1 saturated carbocycles. The van der Waals surface area contributed by atoms with Crippen molar-refractivity contribution in [2.75, 3.05) is 4.90 Å². The summed E-state index contributed by atoms with van der Waals surface area (Å²) in [6.07, 6.45) is 3.35. The molecule has 0 bridgehead atoms. The lowest BCUT2D eigenvalue weighted by Crippen LogP contribution is -2.43. The molecule has 0 aliphatic heterocycles. The van der Waals surface area contributed by atoms with Crippen LogP contribution < -0.4 is 4.90 Å². The van der Waals surface area contributed by atoms with E-state index in [1.165, 1.54) is 6.42 Å². The van der Waals surface area contributed by atoms with Crippen LogP contribution in [0.4, 0.5) is 5.69 Å². The van der Waals surface area contributed by atoms with Gasteiger partial charge in [0, 0.05) is 17.4 Å². The molecule has 0 heterocycles. The Morgan fingerprint density at radius 1 is 1.50 bits per heavy atom. The average Bonchev–Trinajstić information content (AvgIpc) is 2.11. The lowest BCUT2D eigenvalue weighted by atomic mass is 9.91. The molecule has 0 unspecified atom stereocenters. The zero-order valence-electron chi connectivity index (χ0n) is 9.04. The Hall–Kier alpha value is -0.540. The summed E-state index contributed by atoms with van der Waals surface area (Å²) in [4.78, 5) is 13.5. The summed E-state index contributed by atoms with van der Waals surface area (Å²) in [6, 6.07) is 5.96. The van der Waals surface area contributed by atoms with E-state index in [4.69, 9.17) is 11.6 Å². The van der Waals surface area contributed by atoms with Gasteiger partial charge >= 0.3 is 0 Å². The van der Waals surface area contributed by atoms with Gasteiger partial charge in [-0.25, -0.2) is 0 Å². The van der Waals surface area contributed by atoms with Crippen LogP contribution in [0.2, 0.25) is 5.02 Å². The molecule has 2 rings (SSSR count). The van der Waals surface area contributed by atoms with Crippen molar-refractivity contribution in [2.45, 2.75) is 32.2 Å². The van der Waals surface area contributed by atoms with E-state index in [-0.39, 0.29) is 5.91 Å². The van der Waals surface area contributed by atoms with Gasteiger partial charge < -0.3 is 4.90 Å². The maximum Gasteiger partial charge on any atom is 0.224 e. The summed E-state index contributed by atoms with van der Waals surface area (Å²) in [6.45, 7) is 1.59. The molecule has 0 spiro atoms. The van der Waals surface area contributed by atoms with E-state index in [1.54, 1.807) is 6.92 Å². The molecule has 86 valence electrons. The number of hydrogen-bond acceptors (Lipinski definition) is 1. The van der Waals surface area contributed by atoms with E-state index >= 15 is 0 Å². The second-order valence-corrected chi connectivity index (χ2v) is 5.39. The maximum atomic E-state index is 11.7. The van der Waals surface area contributed by atoms with Crippen LogP contribution in [0.3, 0.4) is 0 Å².